The molecule has 0 bridgehead atoms. The molecule has 0 saturated carbocycles. The number of hydrogen-bond donors (Lipinski definition) is 2. The number of carbonyl (C=O) groups excluding carboxylic acids is 2. The number of likely N-dealkylation sites (N-methyl/N-ethyl adjacent to an activating group) is 1. The van der Waals surface area contributed by atoms with Gasteiger partial charge in [0.05, 0.1) is 6.20 Å². The first kappa shape index (κ1) is 17.0. The van der Waals surface area contributed by atoms with E-state index in [1.54, 1.807) is 23.6 Å². The molecule has 1 aromatic carbocycles. The van der Waals surface area contributed by atoms with E-state index in [9.17, 15) is 14.0 Å². The second-order valence-electron chi connectivity index (χ2n) is 4.75. The number of hydrogen-bond acceptors (Lipinski definition) is 4. The third-order valence-electron chi connectivity index (χ3n) is 3.22. The van der Waals surface area contributed by atoms with Gasteiger partial charge in [-0.25, -0.2) is 9.37 Å². The Bertz CT molecular complexity index is 715. The van der Waals surface area contributed by atoms with Crippen molar-refractivity contribution in [3.8, 4) is 5.69 Å². The molecule has 0 aliphatic rings. The maximum Gasteiger partial charge on any atom is 0.270 e. The van der Waals surface area contributed by atoms with E-state index in [1.807, 2.05) is 6.26 Å². The molecule has 1 heterocycles. The van der Waals surface area contributed by atoms with E-state index in [2.05, 4.69) is 15.6 Å². The topological polar surface area (TPSA) is 76.0 Å². The summed E-state index contributed by atoms with van der Waals surface area (Å²) in [5.41, 5.74) is 0.891. The van der Waals surface area contributed by atoms with Gasteiger partial charge in [-0.15, -0.1) is 0 Å². The summed E-state index contributed by atoms with van der Waals surface area (Å²) in [5, 5.41) is 5.67. The van der Waals surface area contributed by atoms with E-state index in [0.29, 0.717) is 10.8 Å². The maximum absolute atomic E-state index is 13.1. The summed E-state index contributed by atoms with van der Waals surface area (Å²) < 4.78 is 14.7. The summed E-state index contributed by atoms with van der Waals surface area (Å²) >= 11 is 1.36. The molecule has 1 atom stereocenters. The summed E-state index contributed by atoms with van der Waals surface area (Å²) in [7, 11) is 1.50. The molecule has 0 radical (unpaired) electrons. The Labute approximate surface area is 137 Å². The van der Waals surface area contributed by atoms with Gasteiger partial charge in [0.25, 0.3) is 5.91 Å². The average Bonchev–Trinajstić information content (AvgIpc) is 2.98. The zero-order chi connectivity index (χ0) is 17.0. The van der Waals surface area contributed by atoms with Crippen LogP contribution in [0, 0.1) is 5.82 Å². The lowest BCUT2D eigenvalue weighted by Gasteiger charge is -2.14. The van der Waals surface area contributed by atoms with Crippen LogP contribution >= 0.6 is 11.8 Å². The number of nitrogens with zero attached hydrogens (tertiary/aromatic N) is 2. The van der Waals surface area contributed by atoms with Gasteiger partial charge in [0.1, 0.15) is 17.6 Å². The highest BCUT2D eigenvalue weighted by molar-refractivity contribution is 7.98. The summed E-state index contributed by atoms with van der Waals surface area (Å²) in [6.07, 6.45) is 3.26. The molecular formula is C15H17FN4O2S. The van der Waals surface area contributed by atoms with Gasteiger partial charge in [0.2, 0.25) is 5.91 Å². The molecule has 1 aromatic heterocycles. The van der Waals surface area contributed by atoms with Gasteiger partial charge in [0, 0.05) is 12.7 Å². The number of benzene rings is 1. The molecule has 2 rings (SSSR count). The lowest BCUT2D eigenvalue weighted by molar-refractivity contribution is -0.122. The molecule has 2 N–H and O–H groups in total. The molecule has 0 fully saturated rings. The van der Waals surface area contributed by atoms with Crippen LogP contribution in [-0.4, -0.2) is 40.7 Å². The van der Waals surface area contributed by atoms with Crippen molar-refractivity contribution in [3.05, 3.63) is 42.0 Å². The van der Waals surface area contributed by atoms with E-state index in [0.717, 1.165) is 0 Å². The summed E-state index contributed by atoms with van der Waals surface area (Å²) in [6.45, 7) is 1.59. The van der Waals surface area contributed by atoms with Crippen molar-refractivity contribution in [2.45, 2.75) is 18.1 Å². The van der Waals surface area contributed by atoms with Crippen molar-refractivity contribution >= 4 is 23.6 Å². The SMILES string of the molecule is CNC(=O)C(C)NC(=O)c1cnc(SC)n1-c1ccc(F)cc1. The minimum Gasteiger partial charge on any atom is -0.357 e. The van der Waals surface area contributed by atoms with Crippen LogP contribution in [0.5, 0.6) is 0 Å². The van der Waals surface area contributed by atoms with Crippen LogP contribution in [0.15, 0.2) is 35.6 Å². The van der Waals surface area contributed by atoms with Gasteiger partial charge in [-0.05, 0) is 37.4 Å². The molecular weight excluding hydrogens is 319 g/mol. The standard InChI is InChI=1S/C15H17FN4O2S/c1-9(13(21)17-2)19-14(22)12-8-18-15(23-3)20(12)11-6-4-10(16)5-7-11/h4-9H,1-3H3,(H,17,21)(H,19,22). The maximum atomic E-state index is 13.1. The van der Waals surface area contributed by atoms with Gasteiger partial charge in [-0.3, -0.25) is 14.2 Å². The zero-order valence-corrected chi connectivity index (χ0v) is 13.8. The molecule has 8 heteroatoms. The highest BCUT2D eigenvalue weighted by Gasteiger charge is 2.21. The molecule has 2 aromatic rings. The van der Waals surface area contributed by atoms with Crippen LogP contribution in [0.4, 0.5) is 4.39 Å². The molecule has 6 nitrogen and oxygen atoms in total. The Morgan fingerprint density at radius 3 is 2.52 bits per heavy atom. The second-order valence-corrected chi connectivity index (χ2v) is 5.52. The highest BCUT2D eigenvalue weighted by atomic mass is 32.2. The smallest absolute Gasteiger partial charge is 0.270 e. The van der Waals surface area contributed by atoms with E-state index in [1.165, 1.54) is 37.1 Å². The number of aromatic nitrogens is 2. The number of amides is 2. The predicted octanol–water partition coefficient (Wildman–Crippen LogP) is 1.60. The second kappa shape index (κ2) is 7.28. The first-order chi connectivity index (χ1) is 11.0. The van der Waals surface area contributed by atoms with Crippen LogP contribution in [0.3, 0.4) is 0 Å². The number of nitrogens with one attached hydrogen (secondary N) is 2. The minimum absolute atomic E-state index is 0.275. The predicted molar refractivity (Wildman–Crippen MR) is 86.3 cm³/mol. The summed E-state index contributed by atoms with van der Waals surface area (Å²) in [4.78, 5) is 28.2. The normalized spacial score (nSPS) is 11.8. The monoisotopic (exact) mass is 336 g/mol. The molecule has 2 amide bonds. The minimum atomic E-state index is -0.679. The fraction of sp³-hybridized carbons (Fsp3) is 0.267. The van der Waals surface area contributed by atoms with Crippen LogP contribution in [-0.2, 0) is 4.79 Å². The Morgan fingerprint density at radius 2 is 1.96 bits per heavy atom. The molecule has 23 heavy (non-hydrogen) atoms. The van der Waals surface area contributed by atoms with E-state index >= 15 is 0 Å². The Kier molecular flexibility index (Phi) is 5.38. The Hall–Kier alpha value is -2.35. The molecule has 0 aliphatic heterocycles. The quantitative estimate of drug-likeness (QED) is 0.813. The van der Waals surface area contributed by atoms with Crippen LogP contribution in [0.25, 0.3) is 5.69 Å². The number of carbonyl (C=O) groups is 2. The number of imidazole rings is 1. The van der Waals surface area contributed by atoms with Gasteiger partial charge in [-0.2, -0.15) is 0 Å². The van der Waals surface area contributed by atoms with Crippen molar-refractivity contribution < 1.29 is 14.0 Å². The number of rotatable bonds is 5. The van der Waals surface area contributed by atoms with Crippen molar-refractivity contribution in [3.63, 3.8) is 0 Å². The van der Waals surface area contributed by atoms with Crippen molar-refractivity contribution in [1.82, 2.24) is 20.2 Å². The number of thioether (sulfide) groups is 1. The lowest BCUT2D eigenvalue weighted by Crippen LogP contribution is -2.44. The highest BCUT2D eigenvalue weighted by Crippen LogP contribution is 2.22. The molecule has 0 saturated heterocycles. The third-order valence-corrected chi connectivity index (χ3v) is 3.87. The van der Waals surface area contributed by atoms with E-state index in [-0.39, 0.29) is 17.4 Å². The third kappa shape index (κ3) is 3.70. The average molecular weight is 336 g/mol. The van der Waals surface area contributed by atoms with Crippen molar-refractivity contribution in [2.24, 2.45) is 0 Å². The fourth-order valence-corrected chi connectivity index (χ4v) is 2.58. The van der Waals surface area contributed by atoms with E-state index < -0.39 is 11.9 Å². The van der Waals surface area contributed by atoms with Crippen LogP contribution in [0.1, 0.15) is 17.4 Å². The van der Waals surface area contributed by atoms with Gasteiger partial charge in [0.15, 0.2) is 5.16 Å². The van der Waals surface area contributed by atoms with E-state index in [4.69, 9.17) is 0 Å². The first-order valence-electron chi connectivity index (χ1n) is 6.88. The summed E-state index contributed by atoms with van der Waals surface area (Å²) in [6, 6.07) is 5.08. The van der Waals surface area contributed by atoms with Crippen LogP contribution in [0.2, 0.25) is 0 Å². The molecule has 122 valence electrons. The van der Waals surface area contributed by atoms with Gasteiger partial charge < -0.3 is 10.6 Å². The zero-order valence-electron chi connectivity index (χ0n) is 13.0. The van der Waals surface area contributed by atoms with Gasteiger partial charge in [-0.1, -0.05) is 11.8 Å². The van der Waals surface area contributed by atoms with Crippen LogP contribution < -0.4 is 10.6 Å². The lowest BCUT2D eigenvalue weighted by atomic mass is 10.2. The van der Waals surface area contributed by atoms with Crippen molar-refractivity contribution in [1.29, 1.82) is 0 Å². The molecule has 1 unspecified atom stereocenters. The number of halogens is 1. The first-order valence-corrected chi connectivity index (χ1v) is 8.10. The largest absolute Gasteiger partial charge is 0.357 e. The van der Waals surface area contributed by atoms with Gasteiger partial charge >= 0.3 is 0 Å². The molecule has 0 aliphatic carbocycles. The molecule has 0 spiro atoms. The Balaban J connectivity index is 2.36. The Morgan fingerprint density at radius 1 is 1.30 bits per heavy atom. The fourth-order valence-electron chi connectivity index (χ4n) is 2.03. The summed E-state index contributed by atoms with van der Waals surface area (Å²) in [5.74, 6) is -1.09. The van der Waals surface area contributed by atoms with Crippen molar-refractivity contribution in [2.75, 3.05) is 13.3 Å².